The van der Waals surface area contributed by atoms with Gasteiger partial charge in [-0.3, -0.25) is 9.69 Å². The maximum absolute atomic E-state index is 12.2. The molecule has 0 aromatic heterocycles. The van der Waals surface area contributed by atoms with Crippen LogP contribution in [-0.2, 0) is 4.79 Å². The van der Waals surface area contributed by atoms with Crippen molar-refractivity contribution in [1.29, 1.82) is 0 Å². The second-order valence-corrected chi connectivity index (χ2v) is 5.29. The van der Waals surface area contributed by atoms with Crippen LogP contribution in [0.5, 0.6) is 0 Å². The van der Waals surface area contributed by atoms with Gasteiger partial charge in [0, 0.05) is 5.69 Å². The Morgan fingerprint density at radius 2 is 2.00 bits per heavy atom. The van der Waals surface area contributed by atoms with E-state index in [-0.39, 0.29) is 17.9 Å². The molecule has 0 aliphatic carbocycles. The fraction of sp³-hybridized carbons (Fsp3) is 0.462. The molecule has 1 amide bonds. The molecular weight excluding hydrogens is 250 g/mol. The lowest BCUT2D eigenvalue weighted by molar-refractivity contribution is -0.121. The summed E-state index contributed by atoms with van der Waals surface area (Å²) in [5.41, 5.74) is 6.82. The summed E-state index contributed by atoms with van der Waals surface area (Å²) in [6.07, 6.45) is 0. The molecule has 100 valence electrons. The number of nitrogens with two attached hydrogens (primary N) is 1. The van der Waals surface area contributed by atoms with Crippen LogP contribution in [0.4, 0.5) is 11.4 Å². The summed E-state index contributed by atoms with van der Waals surface area (Å²) in [6, 6.07) is 4.89. The summed E-state index contributed by atoms with van der Waals surface area (Å²) in [6.45, 7) is 4.03. The first-order valence-corrected chi connectivity index (χ1v) is 6.23. The van der Waals surface area contributed by atoms with Gasteiger partial charge in [-0.15, -0.1) is 0 Å². The molecule has 0 spiro atoms. The minimum atomic E-state index is -0.179. The van der Waals surface area contributed by atoms with E-state index in [9.17, 15) is 4.79 Å². The average molecular weight is 270 g/mol. The normalized spacial score (nSPS) is 12.8. The van der Waals surface area contributed by atoms with Crippen LogP contribution in [0.2, 0.25) is 5.02 Å². The monoisotopic (exact) mass is 269 g/mol. The number of hydrogen-bond donors (Lipinski definition) is 2. The molecule has 0 heterocycles. The lowest BCUT2D eigenvalue weighted by Crippen LogP contribution is -2.43. The quantitative estimate of drug-likeness (QED) is 0.826. The first-order chi connectivity index (χ1) is 8.32. The average Bonchev–Trinajstić information content (AvgIpc) is 2.22. The summed E-state index contributed by atoms with van der Waals surface area (Å²) in [5.74, 6) is 0.182. The molecule has 0 aliphatic heterocycles. The SMILES string of the molecule is CC(C)C(C(=O)Nc1ccc(Cl)c(N)c1)N(C)C. The number of nitrogens with one attached hydrogen (secondary N) is 1. The van der Waals surface area contributed by atoms with E-state index < -0.39 is 0 Å². The van der Waals surface area contributed by atoms with Crippen LogP contribution < -0.4 is 11.1 Å². The molecule has 0 fully saturated rings. The minimum Gasteiger partial charge on any atom is -0.397 e. The molecule has 0 saturated carbocycles. The molecule has 1 rings (SSSR count). The fourth-order valence-electron chi connectivity index (χ4n) is 1.97. The van der Waals surface area contributed by atoms with Crippen LogP contribution >= 0.6 is 11.6 Å². The number of hydrogen-bond acceptors (Lipinski definition) is 3. The van der Waals surface area contributed by atoms with E-state index in [1.54, 1.807) is 18.2 Å². The summed E-state index contributed by atoms with van der Waals surface area (Å²) in [5, 5.41) is 3.34. The van der Waals surface area contributed by atoms with Gasteiger partial charge in [0.2, 0.25) is 5.91 Å². The molecular formula is C13H20ClN3O. The van der Waals surface area contributed by atoms with Crippen LogP contribution in [-0.4, -0.2) is 30.9 Å². The Bertz CT molecular complexity index is 424. The van der Waals surface area contributed by atoms with Crippen molar-refractivity contribution < 1.29 is 4.79 Å². The van der Waals surface area contributed by atoms with Gasteiger partial charge < -0.3 is 11.1 Å². The van der Waals surface area contributed by atoms with Gasteiger partial charge in [0.15, 0.2) is 0 Å². The van der Waals surface area contributed by atoms with E-state index in [1.807, 2.05) is 32.8 Å². The van der Waals surface area contributed by atoms with Crippen LogP contribution in [0.3, 0.4) is 0 Å². The van der Waals surface area contributed by atoms with Crippen LogP contribution in [0.15, 0.2) is 18.2 Å². The highest BCUT2D eigenvalue weighted by Gasteiger charge is 2.24. The molecule has 1 unspecified atom stereocenters. The minimum absolute atomic E-state index is 0.0447. The predicted molar refractivity (Wildman–Crippen MR) is 76.8 cm³/mol. The van der Waals surface area contributed by atoms with E-state index >= 15 is 0 Å². The maximum atomic E-state index is 12.2. The Labute approximate surface area is 113 Å². The number of likely N-dealkylation sites (N-methyl/N-ethyl adjacent to an activating group) is 1. The predicted octanol–water partition coefficient (Wildman–Crippen LogP) is 2.45. The maximum Gasteiger partial charge on any atom is 0.241 e. The van der Waals surface area contributed by atoms with Crippen molar-refractivity contribution in [2.24, 2.45) is 5.92 Å². The molecule has 3 N–H and O–H groups in total. The highest BCUT2D eigenvalue weighted by atomic mass is 35.5. The smallest absolute Gasteiger partial charge is 0.241 e. The van der Waals surface area contributed by atoms with Gasteiger partial charge in [-0.05, 0) is 38.2 Å². The van der Waals surface area contributed by atoms with Crippen molar-refractivity contribution in [2.45, 2.75) is 19.9 Å². The second kappa shape index (κ2) is 6.07. The molecule has 0 saturated heterocycles. The molecule has 5 heteroatoms. The van der Waals surface area contributed by atoms with Crippen molar-refractivity contribution in [1.82, 2.24) is 4.90 Å². The van der Waals surface area contributed by atoms with Crippen molar-refractivity contribution in [3.8, 4) is 0 Å². The topological polar surface area (TPSA) is 58.4 Å². The molecule has 1 aromatic rings. The van der Waals surface area contributed by atoms with E-state index in [0.717, 1.165) is 0 Å². The van der Waals surface area contributed by atoms with Gasteiger partial charge in [-0.2, -0.15) is 0 Å². The number of nitrogens with zero attached hydrogens (tertiary/aromatic N) is 1. The number of anilines is 2. The molecule has 0 bridgehead atoms. The van der Waals surface area contributed by atoms with Gasteiger partial charge in [0.25, 0.3) is 0 Å². The Morgan fingerprint density at radius 3 is 2.44 bits per heavy atom. The Morgan fingerprint density at radius 1 is 1.39 bits per heavy atom. The molecule has 1 aromatic carbocycles. The highest BCUT2D eigenvalue weighted by Crippen LogP contribution is 2.23. The zero-order valence-electron chi connectivity index (χ0n) is 11.2. The van der Waals surface area contributed by atoms with Crippen LogP contribution in [0, 0.1) is 5.92 Å². The Balaban J connectivity index is 2.82. The third-order valence-electron chi connectivity index (χ3n) is 2.72. The Kier molecular flexibility index (Phi) is 4.99. The number of benzene rings is 1. The highest BCUT2D eigenvalue weighted by molar-refractivity contribution is 6.33. The standard InChI is InChI=1S/C13H20ClN3O/c1-8(2)12(17(3)4)13(18)16-9-5-6-10(14)11(15)7-9/h5-8,12H,15H2,1-4H3,(H,16,18). The van der Waals surface area contributed by atoms with E-state index in [1.165, 1.54) is 0 Å². The van der Waals surface area contributed by atoms with Gasteiger partial charge in [-0.25, -0.2) is 0 Å². The summed E-state index contributed by atoms with van der Waals surface area (Å²) in [7, 11) is 3.78. The van der Waals surface area contributed by atoms with Crippen molar-refractivity contribution in [3.63, 3.8) is 0 Å². The molecule has 18 heavy (non-hydrogen) atoms. The third-order valence-corrected chi connectivity index (χ3v) is 3.06. The van der Waals surface area contributed by atoms with Crippen molar-refractivity contribution in [3.05, 3.63) is 23.2 Å². The number of rotatable bonds is 4. The van der Waals surface area contributed by atoms with Crippen molar-refractivity contribution >= 4 is 28.9 Å². The zero-order valence-corrected chi connectivity index (χ0v) is 12.0. The Hall–Kier alpha value is -1.26. The van der Waals surface area contributed by atoms with Gasteiger partial charge in [0.05, 0.1) is 16.8 Å². The molecule has 4 nitrogen and oxygen atoms in total. The first kappa shape index (κ1) is 14.8. The number of carbonyl (C=O) groups excluding carboxylic acids is 1. The summed E-state index contributed by atoms with van der Waals surface area (Å²) < 4.78 is 0. The molecule has 0 aliphatic rings. The van der Waals surface area contributed by atoms with E-state index in [0.29, 0.717) is 16.4 Å². The third kappa shape index (κ3) is 3.62. The van der Waals surface area contributed by atoms with Crippen molar-refractivity contribution in [2.75, 3.05) is 25.1 Å². The fourth-order valence-corrected chi connectivity index (χ4v) is 2.09. The number of amides is 1. The number of nitrogen functional groups attached to an aromatic ring is 1. The molecule has 0 radical (unpaired) electrons. The zero-order chi connectivity index (χ0) is 13.9. The molecule has 1 atom stereocenters. The first-order valence-electron chi connectivity index (χ1n) is 5.85. The van der Waals surface area contributed by atoms with Gasteiger partial charge >= 0.3 is 0 Å². The van der Waals surface area contributed by atoms with Crippen LogP contribution in [0.25, 0.3) is 0 Å². The number of carbonyl (C=O) groups is 1. The van der Waals surface area contributed by atoms with Gasteiger partial charge in [0.1, 0.15) is 0 Å². The van der Waals surface area contributed by atoms with E-state index in [4.69, 9.17) is 17.3 Å². The summed E-state index contributed by atoms with van der Waals surface area (Å²) >= 11 is 5.83. The van der Waals surface area contributed by atoms with E-state index in [2.05, 4.69) is 5.32 Å². The van der Waals surface area contributed by atoms with Crippen LogP contribution in [0.1, 0.15) is 13.8 Å². The van der Waals surface area contributed by atoms with Gasteiger partial charge in [-0.1, -0.05) is 25.4 Å². The lowest BCUT2D eigenvalue weighted by Gasteiger charge is -2.26. The largest absolute Gasteiger partial charge is 0.397 e. The lowest BCUT2D eigenvalue weighted by atomic mass is 10.0. The summed E-state index contributed by atoms with van der Waals surface area (Å²) in [4.78, 5) is 14.1. The second-order valence-electron chi connectivity index (χ2n) is 4.88. The number of halogens is 1.